The Hall–Kier alpha value is -1.30. The van der Waals surface area contributed by atoms with Gasteiger partial charge >= 0.3 is 0 Å². The normalized spacial score (nSPS) is 33.8. The molecule has 2 aliphatic rings. The van der Waals surface area contributed by atoms with Gasteiger partial charge in [0.15, 0.2) is 5.17 Å². The van der Waals surface area contributed by atoms with Gasteiger partial charge in [0.05, 0.1) is 0 Å². The van der Waals surface area contributed by atoms with Crippen LogP contribution in [0.15, 0.2) is 23.2 Å². The first-order valence-corrected chi connectivity index (χ1v) is 6.58. The second kappa shape index (κ2) is 3.85. The van der Waals surface area contributed by atoms with E-state index in [1.165, 1.54) is 30.0 Å². The molecule has 0 saturated heterocycles. The van der Waals surface area contributed by atoms with Crippen LogP contribution in [-0.4, -0.2) is 17.1 Å². The van der Waals surface area contributed by atoms with Crippen LogP contribution >= 0.6 is 11.8 Å². The van der Waals surface area contributed by atoms with Gasteiger partial charge in [0.1, 0.15) is 18.0 Å². The molecular formula is C12H13F2N3S. The van der Waals surface area contributed by atoms with Crippen LogP contribution in [0.2, 0.25) is 0 Å². The quantitative estimate of drug-likeness (QED) is 0.807. The fourth-order valence-electron chi connectivity index (χ4n) is 2.60. The van der Waals surface area contributed by atoms with E-state index >= 15 is 0 Å². The molecule has 6 heteroatoms. The zero-order valence-corrected chi connectivity index (χ0v) is 10.4. The van der Waals surface area contributed by atoms with Gasteiger partial charge in [0, 0.05) is 22.4 Å². The minimum Gasteiger partial charge on any atom is -0.399 e. The molecule has 1 unspecified atom stereocenters. The summed E-state index contributed by atoms with van der Waals surface area (Å²) in [6.07, 6.45) is 0.813. The van der Waals surface area contributed by atoms with E-state index in [0.29, 0.717) is 10.9 Å². The minimum atomic E-state index is -1.18. The number of rotatable bonds is 2. The largest absolute Gasteiger partial charge is 0.399 e. The highest BCUT2D eigenvalue weighted by Gasteiger charge is 2.58. The summed E-state index contributed by atoms with van der Waals surface area (Å²) in [6, 6.07) is 4.18. The number of anilines is 1. The lowest BCUT2D eigenvalue weighted by atomic mass is 9.86. The van der Waals surface area contributed by atoms with E-state index < -0.39 is 18.0 Å². The number of halogens is 2. The van der Waals surface area contributed by atoms with Gasteiger partial charge in [-0.05, 0) is 24.6 Å². The van der Waals surface area contributed by atoms with E-state index in [1.807, 2.05) is 0 Å². The molecule has 1 fully saturated rings. The van der Waals surface area contributed by atoms with E-state index in [0.717, 1.165) is 6.42 Å². The van der Waals surface area contributed by atoms with Crippen molar-refractivity contribution in [1.82, 2.24) is 0 Å². The van der Waals surface area contributed by atoms with Gasteiger partial charge in [-0.15, -0.1) is 0 Å². The predicted octanol–water partition coefficient (Wildman–Crippen LogP) is 2.02. The third-order valence-electron chi connectivity index (χ3n) is 3.59. The van der Waals surface area contributed by atoms with Crippen LogP contribution in [0, 0.1) is 11.7 Å². The Labute approximate surface area is 108 Å². The van der Waals surface area contributed by atoms with Gasteiger partial charge in [0.2, 0.25) is 0 Å². The van der Waals surface area contributed by atoms with Crippen molar-refractivity contribution in [2.75, 3.05) is 12.4 Å². The molecule has 0 spiro atoms. The summed E-state index contributed by atoms with van der Waals surface area (Å²) in [4.78, 5) is 4.21. The maximum Gasteiger partial charge on any atom is 0.155 e. The van der Waals surface area contributed by atoms with Gasteiger partial charge in [-0.25, -0.2) is 13.8 Å². The van der Waals surface area contributed by atoms with Gasteiger partial charge in [-0.2, -0.15) is 0 Å². The van der Waals surface area contributed by atoms with Crippen molar-refractivity contribution in [2.45, 2.75) is 17.2 Å². The Morgan fingerprint density at radius 2 is 2.22 bits per heavy atom. The summed E-state index contributed by atoms with van der Waals surface area (Å²) in [5, 5.41) is 0.576. The molecule has 4 N–H and O–H groups in total. The number of nitrogens with zero attached hydrogens (tertiary/aromatic N) is 1. The van der Waals surface area contributed by atoms with Crippen molar-refractivity contribution in [2.24, 2.45) is 16.6 Å². The van der Waals surface area contributed by atoms with Crippen LogP contribution in [-0.2, 0) is 5.54 Å². The molecule has 1 aliphatic carbocycles. The third kappa shape index (κ3) is 1.59. The Balaban J connectivity index is 2.16. The second-order valence-electron chi connectivity index (χ2n) is 4.75. The number of nitrogen functional groups attached to an aromatic ring is 1. The number of nitrogens with two attached hydrogens (primary N) is 2. The second-order valence-corrected chi connectivity index (χ2v) is 6.01. The molecule has 0 radical (unpaired) electrons. The van der Waals surface area contributed by atoms with Crippen molar-refractivity contribution in [1.29, 1.82) is 0 Å². The minimum absolute atomic E-state index is 0.0103. The number of aliphatic imine (C=N–C) groups is 1. The number of benzene rings is 1. The average Bonchev–Trinajstić information content (AvgIpc) is 3.10. The first-order chi connectivity index (χ1) is 8.56. The molecule has 18 heavy (non-hydrogen) atoms. The van der Waals surface area contributed by atoms with E-state index in [9.17, 15) is 8.78 Å². The van der Waals surface area contributed by atoms with Gasteiger partial charge < -0.3 is 11.5 Å². The van der Waals surface area contributed by atoms with Gasteiger partial charge in [0.25, 0.3) is 0 Å². The standard InChI is InChI=1S/C12H13F2N3S/c13-5-12(7-3-6(15)1-2-9(7)14)8-4-10(8)18-11(16)17-12/h1-3,8,10H,4-5,15H2,(H2,16,17)/t8-,10?,12-/m1/s1. The molecule has 3 rings (SSSR count). The highest BCUT2D eigenvalue weighted by atomic mass is 32.2. The lowest BCUT2D eigenvalue weighted by molar-refractivity contribution is 0.272. The summed E-state index contributed by atoms with van der Waals surface area (Å²) in [7, 11) is 0. The summed E-state index contributed by atoms with van der Waals surface area (Å²) in [5.41, 5.74) is 10.8. The van der Waals surface area contributed by atoms with Gasteiger partial charge in [-0.1, -0.05) is 11.8 Å². The monoisotopic (exact) mass is 269 g/mol. The maximum absolute atomic E-state index is 14.0. The molecule has 0 aromatic heterocycles. The highest BCUT2D eigenvalue weighted by Crippen LogP contribution is 2.58. The fourth-order valence-corrected chi connectivity index (χ4v) is 3.82. The molecule has 1 aliphatic heterocycles. The summed E-state index contributed by atoms with van der Waals surface area (Å²) >= 11 is 1.45. The van der Waals surface area contributed by atoms with Crippen molar-refractivity contribution in [3.63, 3.8) is 0 Å². The van der Waals surface area contributed by atoms with Crippen molar-refractivity contribution in [3.8, 4) is 0 Å². The molecule has 1 aromatic rings. The van der Waals surface area contributed by atoms with Crippen molar-refractivity contribution < 1.29 is 8.78 Å². The lowest BCUT2D eigenvalue weighted by Gasteiger charge is -2.31. The van der Waals surface area contributed by atoms with Crippen LogP contribution in [0.25, 0.3) is 0 Å². The van der Waals surface area contributed by atoms with Crippen LogP contribution in [0.1, 0.15) is 12.0 Å². The highest BCUT2D eigenvalue weighted by molar-refractivity contribution is 8.14. The van der Waals surface area contributed by atoms with E-state index in [1.54, 1.807) is 0 Å². The Morgan fingerprint density at radius 1 is 1.44 bits per heavy atom. The van der Waals surface area contributed by atoms with Crippen LogP contribution < -0.4 is 11.5 Å². The first kappa shape index (κ1) is 11.8. The number of alkyl halides is 1. The van der Waals surface area contributed by atoms with Crippen LogP contribution in [0.3, 0.4) is 0 Å². The molecule has 3 nitrogen and oxygen atoms in total. The molecule has 3 atom stereocenters. The average molecular weight is 269 g/mol. The molecule has 1 heterocycles. The smallest absolute Gasteiger partial charge is 0.155 e. The summed E-state index contributed by atoms with van der Waals surface area (Å²) in [6.45, 7) is -0.754. The Morgan fingerprint density at radius 3 is 2.94 bits per heavy atom. The van der Waals surface area contributed by atoms with Gasteiger partial charge in [-0.3, -0.25) is 0 Å². The molecule has 1 aromatic carbocycles. The summed E-state index contributed by atoms with van der Waals surface area (Å²) < 4.78 is 27.6. The Bertz CT molecular complexity index is 534. The fraction of sp³-hybridized carbons (Fsp3) is 0.417. The van der Waals surface area contributed by atoms with Crippen LogP contribution in [0.5, 0.6) is 0 Å². The van der Waals surface area contributed by atoms with E-state index in [4.69, 9.17) is 11.5 Å². The van der Waals surface area contributed by atoms with Crippen LogP contribution in [0.4, 0.5) is 14.5 Å². The number of amidine groups is 1. The molecule has 1 saturated carbocycles. The lowest BCUT2D eigenvalue weighted by Crippen LogP contribution is -2.36. The molecule has 0 amide bonds. The summed E-state index contributed by atoms with van der Waals surface area (Å²) in [5.74, 6) is -0.466. The van der Waals surface area contributed by atoms with Crippen molar-refractivity contribution >= 4 is 22.6 Å². The maximum atomic E-state index is 14.0. The number of fused-ring (bicyclic) bond motifs is 1. The predicted molar refractivity (Wildman–Crippen MR) is 69.6 cm³/mol. The number of thioether (sulfide) groups is 1. The number of hydrogen-bond donors (Lipinski definition) is 2. The van der Waals surface area contributed by atoms with E-state index in [-0.39, 0.29) is 16.7 Å². The number of hydrogen-bond acceptors (Lipinski definition) is 4. The topological polar surface area (TPSA) is 64.4 Å². The van der Waals surface area contributed by atoms with Crippen molar-refractivity contribution in [3.05, 3.63) is 29.6 Å². The molecule has 96 valence electrons. The molecular weight excluding hydrogens is 256 g/mol. The third-order valence-corrected chi connectivity index (χ3v) is 4.74. The zero-order valence-electron chi connectivity index (χ0n) is 9.57. The molecule has 0 bridgehead atoms. The van der Waals surface area contributed by atoms with E-state index in [2.05, 4.69) is 4.99 Å². The Kier molecular flexibility index (Phi) is 2.52. The first-order valence-electron chi connectivity index (χ1n) is 5.70. The SMILES string of the molecule is NC1=N[C@](CF)(c2cc(N)ccc2F)[C@@H]2CC2S1. The zero-order chi connectivity index (χ0) is 12.9.